The summed E-state index contributed by atoms with van der Waals surface area (Å²) in [5.74, 6) is -0.102. The molecule has 2 heterocycles. The van der Waals surface area contributed by atoms with E-state index in [2.05, 4.69) is 5.32 Å². The molecule has 0 spiro atoms. The van der Waals surface area contributed by atoms with Crippen molar-refractivity contribution < 1.29 is 9.59 Å². The molecule has 1 aliphatic rings. The van der Waals surface area contributed by atoms with Crippen LogP contribution in [0.5, 0.6) is 0 Å². The number of ketones is 1. The van der Waals surface area contributed by atoms with Crippen molar-refractivity contribution in [2.75, 3.05) is 16.8 Å². The van der Waals surface area contributed by atoms with Gasteiger partial charge < -0.3 is 10.2 Å². The van der Waals surface area contributed by atoms with Crippen molar-refractivity contribution in [3.63, 3.8) is 0 Å². The second kappa shape index (κ2) is 5.33. The van der Waals surface area contributed by atoms with E-state index in [-0.39, 0.29) is 24.3 Å². The summed E-state index contributed by atoms with van der Waals surface area (Å²) in [5.41, 5.74) is 2.79. The Labute approximate surface area is 127 Å². The number of carbonyl (C=O) groups excluding carboxylic acids is 2. The first-order chi connectivity index (χ1) is 10.1. The molecule has 0 aliphatic carbocycles. The Morgan fingerprint density at radius 1 is 1.38 bits per heavy atom. The van der Waals surface area contributed by atoms with Gasteiger partial charge in [-0.05, 0) is 43.0 Å². The highest BCUT2D eigenvalue weighted by atomic mass is 32.1. The number of hydrogen-bond donors (Lipinski definition) is 1. The van der Waals surface area contributed by atoms with Crippen molar-refractivity contribution in [1.29, 1.82) is 0 Å². The minimum Gasteiger partial charge on any atom is -0.372 e. The number of Topliss-reactive ketones (excluding diaryl/α,β-unsaturated/α-hetero) is 1. The van der Waals surface area contributed by atoms with Gasteiger partial charge in [-0.25, -0.2) is 0 Å². The third kappa shape index (κ3) is 2.56. The highest BCUT2D eigenvalue weighted by Gasteiger charge is 2.31. The lowest BCUT2D eigenvalue weighted by molar-refractivity contribution is -0.119. The molecule has 0 fully saturated rings. The van der Waals surface area contributed by atoms with Gasteiger partial charge in [0.05, 0.1) is 22.8 Å². The molecule has 0 saturated heterocycles. The van der Waals surface area contributed by atoms with Crippen LogP contribution in [0.15, 0.2) is 35.7 Å². The van der Waals surface area contributed by atoms with Crippen molar-refractivity contribution in [1.82, 2.24) is 0 Å². The van der Waals surface area contributed by atoms with Crippen molar-refractivity contribution >= 4 is 34.4 Å². The molecule has 1 N–H and O–H groups in total. The molecule has 21 heavy (non-hydrogen) atoms. The molecule has 1 aromatic heterocycles. The molecule has 0 saturated carbocycles. The minimum absolute atomic E-state index is 0.0287. The normalized spacial score (nSPS) is 17.3. The maximum Gasteiger partial charge on any atom is 0.249 e. The third-order valence-electron chi connectivity index (χ3n) is 3.55. The van der Waals surface area contributed by atoms with Crippen LogP contribution in [-0.2, 0) is 4.79 Å². The van der Waals surface area contributed by atoms with E-state index in [1.807, 2.05) is 43.5 Å². The predicted octanol–water partition coefficient (Wildman–Crippen LogP) is 3.09. The van der Waals surface area contributed by atoms with Crippen LogP contribution in [-0.4, -0.2) is 24.3 Å². The van der Waals surface area contributed by atoms with E-state index in [0.29, 0.717) is 4.88 Å². The van der Waals surface area contributed by atoms with Gasteiger partial charge in [-0.3, -0.25) is 9.59 Å². The summed E-state index contributed by atoms with van der Waals surface area (Å²) in [7, 11) is 0. The molecule has 1 aromatic carbocycles. The number of aryl methyl sites for hydroxylation is 1. The van der Waals surface area contributed by atoms with Gasteiger partial charge in [0.15, 0.2) is 5.78 Å². The standard InChI is InChI=1S/C16H16N2O2S/c1-10-5-6-13-12(8-10)17-11(2)16(20)18(13)9-14(19)15-4-3-7-21-15/h3-8,11,17H,9H2,1-2H3. The van der Waals surface area contributed by atoms with Crippen LogP contribution in [0.2, 0.25) is 0 Å². The quantitative estimate of drug-likeness (QED) is 0.886. The Hall–Kier alpha value is -2.14. The maximum absolute atomic E-state index is 12.4. The molecule has 1 amide bonds. The summed E-state index contributed by atoms with van der Waals surface area (Å²) in [6.45, 7) is 3.90. The van der Waals surface area contributed by atoms with Crippen molar-refractivity contribution in [2.45, 2.75) is 19.9 Å². The topological polar surface area (TPSA) is 49.4 Å². The zero-order valence-electron chi connectivity index (χ0n) is 11.9. The zero-order valence-corrected chi connectivity index (χ0v) is 12.7. The number of hydrogen-bond acceptors (Lipinski definition) is 4. The number of amides is 1. The first kappa shape index (κ1) is 13.8. The van der Waals surface area contributed by atoms with Gasteiger partial charge in [-0.15, -0.1) is 11.3 Å². The Kier molecular flexibility index (Phi) is 3.51. The van der Waals surface area contributed by atoms with E-state index in [4.69, 9.17) is 0 Å². The number of nitrogens with one attached hydrogen (secondary N) is 1. The van der Waals surface area contributed by atoms with Crippen LogP contribution in [0.4, 0.5) is 11.4 Å². The summed E-state index contributed by atoms with van der Waals surface area (Å²) in [4.78, 5) is 27.0. The Morgan fingerprint density at radius 2 is 2.19 bits per heavy atom. The fourth-order valence-corrected chi connectivity index (χ4v) is 3.13. The highest BCUT2D eigenvalue weighted by molar-refractivity contribution is 7.12. The van der Waals surface area contributed by atoms with Crippen LogP contribution in [0.1, 0.15) is 22.2 Å². The van der Waals surface area contributed by atoms with Crippen LogP contribution in [0, 0.1) is 6.92 Å². The number of thiophene rings is 1. The fourth-order valence-electron chi connectivity index (χ4n) is 2.47. The summed E-state index contributed by atoms with van der Waals surface area (Å²) in [6.07, 6.45) is 0. The number of carbonyl (C=O) groups is 2. The van der Waals surface area contributed by atoms with E-state index in [1.165, 1.54) is 11.3 Å². The van der Waals surface area contributed by atoms with Crippen molar-refractivity contribution in [3.05, 3.63) is 46.2 Å². The second-order valence-electron chi connectivity index (χ2n) is 5.21. The number of anilines is 2. The Morgan fingerprint density at radius 3 is 2.90 bits per heavy atom. The largest absolute Gasteiger partial charge is 0.372 e. The molecule has 5 heteroatoms. The van der Waals surface area contributed by atoms with E-state index in [0.717, 1.165) is 16.9 Å². The monoisotopic (exact) mass is 300 g/mol. The van der Waals surface area contributed by atoms with Gasteiger partial charge in [0.2, 0.25) is 5.91 Å². The third-order valence-corrected chi connectivity index (χ3v) is 4.46. The maximum atomic E-state index is 12.4. The molecule has 108 valence electrons. The van der Waals surface area contributed by atoms with Gasteiger partial charge in [-0.1, -0.05) is 12.1 Å². The molecule has 1 aliphatic heterocycles. The predicted molar refractivity (Wildman–Crippen MR) is 85.3 cm³/mol. The molecular weight excluding hydrogens is 284 g/mol. The molecule has 0 radical (unpaired) electrons. The van der Waals surface area contributed by atoms with Gasteiger partial charge >= 0.3 is 0 Å². The molecule has 1 unspecified atom stereocenters. The molecule has 3 rings (SSSR count). The number of nitrogens with zero attached hydrogens (tertiary/aromatic N) is 1. The minimum atomic E-state index is -0.324. The molecule has 2 aromatic rings. The first-order valence-electron chi connectivity index (χ1n) is 6.81. The first-order valence-corrected chi connectivity index (χ1v) is 7.69. The number of rotatable bonds is 3. The summed E-state index contributed by atoms with van der Waals surface area (Å²) in [6, 6.07) is 9.16. The van der Waals surface area contributed by atoms with Gasteiger partial charge in [0.1, 0.15) is 6.04 Å². The van der Waals surface area contributed by atoms with E-state index < -0.39 is 0 Å². The zero-order chi connectivity index (χ0) is 15.0. The molecule has 1 atom stereocenters. The van der Waals surface area contributed by atoms with Crippen LogP contribution in [0.3, 0.4) is 0 Å². The van der Waals surface area contributed by atoms with Gasteiger partial charge in [0, 0.05) is 0 Å². The molecular formula is C16H16N2O2S. The van der Waals surface area contributed by atoms with Gasteiger partial charge in [-0.2, -0.15) is 0 Å². The van der Waals surface area contributed by atoms with E-state index >= 15 is 0 Å². The van der Waals surface area contributed by atoms with Crippen LogP contribution in [0.25, 0.3) is 0 Å². The number of fused-ring (bicyclic) bond motifs is 1. The SMILES string of the molecule is Cc1ccc2c(c1)NC(C)C(=O)N2CC(=O)c1cccs1. The highest BCUT2D eigenvalue weighted by Crippen LogP contribution is 2.32. The lowest BCUT2D eigenvalue weighted by Gasteiger charge is -2.33. The summed E-state index contributed by atoms with van der Waals surface area (Å²) < 4.78 is 0. The Balaban J connectivity index is 1.94. The fraction of sp³-hybridized carbons (Fsp3) is 0.250. The Bertz CT molecular complexity index is 694. The molecule has 0 bridgehead atoms. The van der Waals surface area contributed by atoms with Crippen molar-refractivity contribution in [2.24, 2.45) is 0 Å². The summed E-state index contributed by atoms with van der Waals surface area (Å²) in [5, 5.41) is 5.06. The number of benzene rings is 1. The lowest BCUT2D eigenvalue weighted by Crippen LogP contribution is -2.47. The lowest BCUT2D eigenvalue weighted by atomic mass is 10.1. The smallest absolute Gasteiger partial charge is 0.249 e. The molecule has 4 nitrogen and oxygen atoms in total. The average Bonchev–Trinajstić information content (AvgIpc) is 2.97. The van der Waals surface area contributed by atoms with E-state index in [9.17, 15) is 9.59 Å². The van der Waals surface area contributed by atoms with Crippen LogP contribution >= 0.6 is 11.3 Å². The van der Waals surface area contributed by atoms with Gasteiger partial charge in [0.25, 0.3) is 0 Å². The van der Waals surface area contributed by atoms with Crippen molar-refractivity contribution in [3.8, 4) is 0 Å². The summed E-state index contributed by atoms with van der Waals surface area (Å²) >= 11 is 1.40. The average molecular weight is 300 g/mol. The van der Waals surface area contributed by atoms with E-state index in [1.54, 1.807) is 11.0 Å². The second-order valence-corrected chi connectivity index (χ2v) is 6.16. The van der Waals surface area contributed by atoms with Crippen LogP contribution < -0.4 is 10.2 Å².